The second kappa shape index (κ2) is 2.60. The number of rotatable bonds is 3. The van der Waals surface area contributed by atoms with Gasteiger partial charge in [0.15, 0.2) is 0 Å². The van der Waals surface area contributed by atoms with Gasteiger partial charge in [-0.3, -0.25) is 9.69 Å². The summed E-state index contributed by atoms with van der Waals surface area (Å²) in [6, 6.07) is 0.667. The molecule has 4 heteroatoms. The number of hydrogen-bond donors (Lipinski definition) is 1. The van der Waals surface area contributed by atoms with Gasteiger partial charge in [0.25, 0.3) is 0 Å². The van der Waals surface area contributed by atoms with Crippen LogP contribution in [0, 0.1) is 5.41 Å². The summed E-state index contributed by atoms with van der Waals surface area (Å²) in [5.74, 6) is -0.500. The Kier molecular flexibility index (Phi) is 1.81. The zero-order valence-electron chi connectivity index (χ0n) is 6.79. The maximum Gasteiger partial charge on any atom is 0.313 e. The van der Waals surface area contributed by atoms with E-state index in [0.29, 0.717) is 19.1 Å². The summed E-state index contributed by atoms with van der Waals surface area (Å²) < 4.78 is 0. The highest BCUT2D eigenvalue weighted by molar-refractivity contribution is 6.19. The first-order valence-corrected chi connectivity index (χ1v) is 4.75. The molecule has 0 aromatic heterocycles. The molecule has 1 saturated heterocycles. The third-order valence-corrected chi connectivity index (χ3v) is 3.30. The van der Waals surface area contributed by atoms with Crippen LogP contribution < -0.4 is 0 Å². The van der Waals surface area contributed by atoms with E-state index in [1.165, 1.54) is 12.8 Å². The predicted molar refractivity (Wildman–Crippen MR) is 45.4 cm³/mol. The molecule has 0 amide bonds. The van der Waals surface area contributed by atoms with E-state index in [9.17, 15) is 4.79 Å². The van der Waals surface area contributed by atoms with Crippen molar-refractivity contribution in [2.45, 2.75) is 18.9 Å². The van der Waals surface area contributed by atoms with Gasteiger partial charge in [-0.1, -0.05) is 0 Å². The van der Waals surface area contributed by atoms with Crippen molar-refractivity contribution in [3.63, 3.8) is 0 Å². The van der Waals surface area contributed by atoms with Gasteiger partial charge in [0.05, 0.1) is 0 Å². The standard InChI is InChI=1S/C8H12ClNO2/c9-3-8(7(11)12)4-10(5-8)6-1-2-6/h6H,1-5H2,(H,11,12). The second-order valence-corrected chi connectivity index (χ2v) is 4.12. The van der Waals surface area contributed by atoms with E-state index < -0.39 is 11.4 Å². The molecule has 1 N–H and O–H groups in total. The molecule has 2 fully saturated rings. The lowest BCUT2D eigenvalue weighted by Gasteiger charge is -2.46. The lowest BCUT2D eigenvalue weighted by Crippen LogP contribution is -2.62. The number of carbonyl (C=O) groups is 1. The molecule has 3 nitrogen and oxygen atoms in total. The zero-order chi connectivity index (χ0) is 8.77. The number of halogens is 1. The Bertz CT molecular complexity index is 209. The van der Waals surface area contributed by atoms with Crippen molar-refractivity contribution in [2.75, 3.05) is 19.0 Å². The average Bonchev–Trinajstić information content (AvgIpc) is 2.68. The van der Waals surface area contributed by atoms with Gasteiger partial charge >= 0.3 is 5.97 Å². The van der Waals surface area contributed by atoms with Gasteiger partial charge in [0.1, 0.15) is 5.41 Å². The van der Waals surface area contributed by atoms with E-state index in [4.69, 9.17) is 16.7 Å². The minimum absolute atomic E-state index is 0.242. The van der Waals surface area contributed by atoms with E-state index in [-0.39, 0.29) is 5.88 Å². The van der Waals surface area contributed by atoms with Crippen molar-refractivity contribution in [1.29, 1.82) is 0 Å². The molecule has 12 heavy (non-hydrogen) atoms. The first kappa shape index (κ1) is 8.32. The number of likely N-dealkylation sites (tertiary alicyclic amines) is 1. The first-order valence-electron chi connectivity index (χ1n) is 4.21. The topological polar surface area (TPSA) is 40.5 Å². The Hall–Kier alpha value is -0.280. The number of hydrogen-bond acceptors (Lipinski definition) is 2. The number of aliphatic carboxylic acids is 1. The van der Waals surface area contributed by atoms with Gasteiger partial charge in [0.2, 0.25) is 0 Å². The van der Waals surface area contributed by atoms with Gasteiger partial charge in [-0.2, -0.15) is 0 Å². The summed E-state index contributed by atoms with van der Waals surface area (Å²) in [4.78, 5) is 13.0. The molecule has 0 radical (unpaired) electrons. The molecule has 0 aromatic rings. The maximum atomic E-state index is 10.8. The molecule has 0 bridgehead atoms. The summed E-state index contributed by atoms with van der Waals surface area (Å²) in [7, 11) is 0. The van der Waals surface area contributed by atoms with Crippen molar-refractivity contribution in [2.24, 2.45) is 5.41 Å². The fourth-order valence-electron chi connectivity index (χ4n) is 1.71. The van der Waals surface area contributed by atoms with Crippen LogP contribution >= 0.6 is 11.6 Å². The Labute approximate surface area is 76.3 Å². The molecule has 1 saturated carbocycles. The van der Waals surface area contributed by atoms with Crippen LogP contribution in [0.15, 0.2) is 0 Å². The molecule has 68 valence electrons. The van der Waals surface area contributed by atoms with Crippen LogP contribution in [0.3, 0.4) is 0 Å². The summed E-state index contributed by atoms with van der Waals surface area (Å²) in [5, 5.41) is 8.89. The van der Waals surface area contributed by atoms with Crippen molar-refractivity contribution in [1.82, 2.24) is 4.90 Å². The summed E-state index contributed by atoms with van der Waals surface area (Å²) >= 11 is 5.64. The summed E-state index contributed by atoms with van der Waals surface area (Å²) in [6.07, 6.45) is 2.47. The molecule has 1 aliphatic heterocycles. The molecule has 0 unspecified atom stereocenters. The van der Waals surface area contributed by atoms with E-state index in [2.05, 4.69) is 4.90 Å². The van der Waals surface area contributed by atoms with Crippen LogP contribution in [0.4, 0.5) is 0 Å². The van der Waals surface area contributed by atoms with Crippen LogP contribution in [0.5, 0.6) is 0 Å². The largest absolute Gasteiger partial charge is 0.481 e. The van der Waals surface area contributed by atoms with Crippen molar-refractivity contribution < 1.29 is 9.90 Å². The highest BCUT2D eigenvalue weighted by Crippen LogP contribution is 2.40. The van der Waals surface area contributed by atoms with Crippen LogP contribution in [0.1, 0.15) is 12.8 Å². The number of nitrogens with zero attached hydrogens (tertiary/aromatic N) is 1. The fourth-order valence-corrected chi connectivity index (χ4v) is 1.99. The molecule has 0 aromatic carbocycles. The van der Waals surface area contributed by atoms with Gasteiger partial charge in [-0.15, -0.1) is 11.6 Å². The molecular weight excluding hydrogens is 178 g/mol. The van der Waals surface area contributed by atoms with Crippen LogP contribution in [0.25, 0.3) is 0 Å². The van der Waals surface area contributed by atoms with E-state index in [1.54, 1.807) is 0 Å². The minimum atomic E-state index is -0.741. The minimum Gasteiger partial charge on any atom is -0.481 e. The Morgan fingerprint density at radius 2 is 2.17 bits per heavy atom. The molecule has 2 aliphatic rings. The third kappa shape index (κ3) is 1.12. The first-order chi connectivity index (χ1) is 5.68. The molecule has 1 heterocycles. The monoisotopic (exact) mass is 189 g/mol. The normalized spacial score (nSPS) is 28.1. The smallest absolute Gasteiger partial charge is 0.313 e. The fraction of sp³-hybridized carbons (Fsp3) is 0.875. The van der Waals surface area contributed by atoms with Gasteiger partial charge in [-0.25, -0.2) is 0 Å². The number of alkyl halides is 1. The van der Waals surface area contributed by atoms with Crippen molar-refractivity contribution in [3.8, 4) is 0 Å². The van der Waals surface area contributed by atoms with E-state index in [0.717, 1.165) is 0 Å². The van der Waals surface area contributed by atoms with Gasteiger partial charge in [-0.05, 0) is 12.8 Å². The average molecular weight is 190 g/mol. The predicted octanol–water partition coefficient (Wildman–Crippen LogP) is 0.774. The lowest BCUT2D eigenvalue weighted by molar-refractivity contribution is -0.158. The van der Waals surface area contributed by atoms with Crippen LogP contribution in [-0.2, 0) is 4.79 Å². The molecule has 1 aliphatic carbocycles. The molecule has 0 spiro atoms. The van der Waals surface area contributed by atoms with Crippen molar-refractivity contribution in [3.05, 3.63) is 0 Å². The maximum absolute atomic E-state index is 10.8. The number of carboxylic acid groups (broad SMARTS) is 1. The van der Waals surface area contributed by atoms with Crippen LogP contribution in [0.2, 0.25) is 0 Å². The van der Waals surface area contributed by atoms with Gasteiger partial charge in [0, 0.05) is 25.0 Å². The zero-order valence-corrected chi connectivity index (χ0v) is 7.55. The summed E-state index contributed by atoms with van der Waals surface area (Å²) in [5.41, 5.74) is -0.635. The van der Waals surface area contributed by atoms with Gasteiger partial charge < -0.3 is 5.11 Å². The molecular formula is C8H12ClNO2. The van der Waals surface area contributed by atoms with Crippen molar-refractivity contribution >= 4 is 17.6 Å². The summed E-state index contributed by atoms with van der Waals surface area (Å²) in [6.45, 7) is 1.30. The van der Waals surface area contributed by atoms with E-state index >= 15 is 0 Å². The van der Waals surface area contributed by atoms with E-state index in [1.807, 2.05) is 0 Å². The lowest BCUT2D eigenvalue weighted by atomic mass is 9.81. The third-order valence-electron chi connectivity index (χ3n) is 2.78. The second-order valence-electron chi connectivity index (χ2n) is 3.86. The quantitative estimate of drug-likeness (QED) is 0.667. The highest BCUT2D eigenvalue weighted by Gasteiger charge is 2.52. The Balaban J connectivity index is 1.93. The Morgan fingerprint density at radius 1 is 1.58 bits per heavy atom. The number of carboxylic acids is 1. The SMILES string of the molecule is O=C(O)C1(CCl)CN(C2CC2)C1. The molecule has 2 rings (SSSR count). The Morgan fingerprint density at radius 3 is 2.50 bits per heavy atom. The van der Waals surface area contributed by atoms with Crippen LogP contribution in [-0.4, -0.2) is 41.0 Å². The highest BCUT2D eigenvalue weighted by atomic mass is 35.5. The molecule has 0 atom stereocenters.